The highest BCUT2D eigenvalue weighted by Gasteiger charge is 2.18. The van der Waals surface area contributed by atoms with Crippen molar-refractivity contribution in [3.63, 3.8) is 0 Å². The molecule has 0 saturated heterocycles. The number of pyridine rings is 1. The Bertz CT molecular complexity index is 1090. The van der Waals surface area contributed by atoms with Gasteiger partial charge >= 0.3 is 0 Å². The number of hydrogen-bond acceptors (Lipinski definition) is 6. The topological polar surface area (TPSA) is 99.0 Å². The fourth-order valence-corrected chi connectivity index (χ4v) is 3.02. The lowest BCUT2D eigenvalue weighted by Crippen LogP contribution is -2.25. The van der Waals surface area contributed by atoms with Gasteiger partial charge in [-0.15, -0.1) is 0 Å². The fourth-order valence-electron chi connectivity index (χ4n) is 2.96. The largest absolute Gasteiger partial charge is 0.386 e. The third-order valence-electron chi connectivity index (χ3n) is 5.31. The summed E-state index contributed by atoms with van der Waals surface area (Å²) in [5, 5.41) is 16.5. The van der Waals surface area contributed by atoms with Crippen LogP contribution >= 0.6 is 11.6 Å². The summed E-state index contributed by atoms with van der Waals surface area (Å²) in [5.74, 6) is 0.503. The first-order chi connectivity index (χ1) is 17.6. The minimum atomic E-state index is -1.05. The van der Waals surface area contributed by atoms with E-state index in [4.69, 9.17) is 11.6 Å². The number of rotatable bonds is 14. The molecule has 0 saturated carbocycles. The summed E-state index contributed by atoms with van der Waals surface area (Å²) in [4.78, 5) is 25.7. The lowest BCUT2D eigenvalue weighted by Gasteiger charge is -2.19. The maximum atomic E-state index is 12.6. The van der Waals surface area contributed by atoms with Gasteiger partial charge in [-0.2, -0.15) is 0 Å². The van der Waals surface area contributed by atoms with Gasteiger partial charge in [-0.25, -0.2) is 4.99 Å². The van der Waals surface area contributed by atoms with E-state index in [9.17, 15) is 9.90 Å². The normalized spacial score (nSPS) is 14.3. The predicted molar refractivity (Wildman–Crippen MR) is 156 cm³/mol. The van der Waals surface area contributed by atoms with Crippen LogP contribution in [0.5, 0.6) is 0 Å². The molecule has 3 N–H and O–H groups in total. The minimum absolute atomic E-state index is 0.167. The van der Waals surface area contributed by atoms with Crippen LogP contribution in [0.3, 0.4) is 0 Å². The van der Waals surface area contributed by atoms with E-state index in [0.717, 1.165) is 23.3 Å². The number of carbonyl (C=O) groups excluding carboxylic acids is 1. The summed E-state index contributed by atoms with van der Waals surface area (Å²) >= 11 is 5.50. The molecule has 1 aromatic rings. The lowest BCUT2D eigenvalue weighted by atomic mass is 9.94. The number of halogens is 1. The summed E-state index contributed by atoms with van der Waals surface area (Å²) in [7, 11) is 0. The van der Waals surface area contributed by atoms with Gasteiger partial charge in [-0.3, -0.25) is 14.8 Å². The van der Waals surface area contributed by atoms with Crippen molar-refractivity contribution in [1.29, 1.82) is 0 Å². The standard InChI is InChI=1S/C29H40ClN5O2/c1-7-22(4)20-31-21-25(29(5,6)37)17-23(8-2)18-26-19-24(11-15-32-26)28(36)35-14-10-13-33-27(9-3)34-16-12-30/h7,9,11-13,15-17,19-21,34,37H,8,10,14,18H2,1-6H3,(H,35,36)/b16-12+,22-7-,23-17+,25-21-,27-9+,31-20-,33-13?. The summed E-state index contributed by atoms with van der Waals surface area (Å²) in [6.45, 7) is 11.8. The van der Waals surface area contributed by atoms with Crippen molar-refractivity contribution in [2.75, 3.05) is 6.54 Å². The predicted octanol–water partition coefficient (Wildman–Crippen LogP) is 6.00. The Morgan fingerprint density at radius 2 is 2.03 bits per heavy atom. The van der Waals surface area contributed by atoms with Gasteiger partial charge in [0.15, 0.2) is 0 Å². The number of nitrogens with zero attached hydrogens (tertiary/aromatic N) is 3. The monoisotopic (exact) mass is 525 g/mol. The molecule has 37 heavy (non-hydrogen) atoms. The third kappa shape index (κ3) is 13.0. The van der Waals surface area contributed by atoms with Crippen molar-refractivity contribution in [2.45, 2.75) is 66.4 Å². The SMILES string of the molecule is C\C=C(C)/C=N\C=C(\C=C(/CC)Cc1cc(C(=O)NCCC=N/C(=C\C)N/C=C/Cl)ccn1)C(C)(C)O. The van der Waals surface area contributed by atoms with Crippen molar-refractivity contribution in [2.24, 2.45) is 9.98 Å². The molecule has 0 aliphatic carbocycles. The van der Waals surface area contributed by atoms with E-state index in [2.05, 4.69) is 32.5 Å². The molecule has 1 heterocycles. The van der Waals surface area contributed by atoms with Crippen LogP contribution in [-0.2, 0) is 6.42 Å². The molecule has 7 nitrogen and oxygen atoms in total. The first-order valence-electron chi connectivity index (χ1n) is 12.4. The lowest BCUT2D eigenvalue weighted by molar-refractivity contribution is 0.0954. The van der Waals surface area contributed by atoms with E-state index in [-0.39, 0.29) is 5.91 Å². The van der Waals surface area contributed by atoms with Gasteiger partial charge in [-0.1, -0.05) is 36.2 Å². The van der Waals surface area contributed by atoms with Crippen molar-refractivity contribution >= 4 is 29.9 Å². The molecule has 8 heteroatoms. The number of amides is 1. The zero-order valence-corrected chi connectivity index (χ0v) is 23.5. The Morgan fingerprint density at radius 3 is 2.65 bits per heavy atom. The minimum Gasteiger partial charge on any atom is -0.386 e. The van der Waals surface area contributed by atoms with Crippen LogP contribution in [0.1, 0.15) is 70.4 Å². The molecule has 0 aliphatic heterocycles. The van der Waals surface area contributed by atoms with Gasteiger partial charge in [0.2, 0.25) is 0 Å². The van der Waals surface area contributed by atoms with Crippen LogP contribution < -0.4 is 10.6 Å². The average molecular weight is 526 g/mol. The van der Waals surface area contributed by atoms with Crippen LogP contribution in [-0.4, -0.2) is 40.6 Å². The van der Waals surface area contributed by atoms with Gasteiger partial charge < -0.3 is 15.7 Å². The number of nitrogens with one attached hydrogen (secondary N) is 2. The van der Waals surface area contributed by atoms with E-state index in [1.165, 1.54) is 5.54 Å². The summed E-state index contributed by atoms with van der Waals surface area (Å²) < 4.78 is 0. The third-order valence-corrected chi connectivity index (χ3v) is 5.44. The van der Waals surface area contributed by atoms with Gasteiger partial charge in [-0.05, 0) is 64.8 Å². The highest BCUT2D eigenvalue weighted by atomic mass is 35.5. The van der Waals surface area contributed by atoms with E-state index in [1.807, 2.05) is 39.0 Å². The molecule has 1 aromatic heterocycles. The van der Waals surface area contributed by atoms with Crippen molar-refractivity contribution in [1.82, 2.24) is 15.6 Å². The van der Waals surface area contributed by atoms with Gasteiger partial charge in [0.1, 0.15) is 5.82 Å². The second-order valence-corrected chi connectivity index (χ2v) is 9.04. The first kappa shape index (κ1) is 31.7. The molecule has 0 spiro atoms. The van der Waals surface area contributed by atoms with Gasteiger partial charge in [0.05, 0.1) is 5.60 Å². The second-order valence-electron chi connectivity index (χ2n) is 8.79. The van der Waals surface area contributed by atoms with Gasteiger partial charge in [0, 0.05) is 72.8 Å². The Morgan fingerprint density at radius 1 is 1.27 bits per heavy atom. The summed E-state index contributed by atoms with van der Waals surface area (Å²) in [6.07, 6.45) is 16.1. The van der Waals surface area contributed by atoms with Crippen LogP contribution in [0.15, 0.2) is 87.0 Å². The number of allylic oxidation sites excluding steroid dienone is 4. The van der Waals surface area contributed by atoms with Crippen LogP contribution in [0.25, 0.3) is 0 Å². The van der Waals surface area contributed by atoms with Crippen LogP contribution in [0.4, 0.5) is 0 Å². The zero-order valence-electron chi connectivity index (χ0n) is 22.8. The molecule has 1 amide bonds. The Kier molecular flexibility index (Phi) is 14.8. The van der Waals surface area contributed by atoms with Crippen molar-refractivity contribution in [3.05, 3.63) is 88.3 Å². The smallest absolute Gasteiger partial charge is 0.251 e. The van der Waals surface area contributed by atoms with E-state index in [1.54, 1.807) is 57.0 Å². The molecule has 0 bridgehead atoms. The Hall–Kier alpha value is -3.29. The average Bonchev–Trinajstić information content (AvgIpc) is 2.88. The summed E-state index contributed by atoms with van der Waals surface area (Å²) in [6, 6.07) is 3.50. The Balaban J connectivity index is 2.88. The highest BCUT2D eigenvalue weighted by Crippen LogP contribution is 2.22. The fraction of sp³-hybridized carbons (Fsp3) is 0.379. The van der Waals surface area contributed by atoms with Gasteiger partial charge in [0.25, 0.3) is 5.91 Å². The molecule has 200 valence electrons. The molecule has 0 aliphatic rings. The maximum Gasteiger partial charge on any atom is 0.251 e. The molecular formula is C29H40ClN5O2. The summed E-state index contributed by atoms with van der Waals surface area (Å²) in [5.41, 5.74) is 4.46. The number of hydrogen-bond donors (Lipinski definition) is 3. The van der Waals surface area contributed by atoms with E-state index >= 15 is 0 Å². The second kappa shape index (κ2) is 17.2. The van der Waals surface area contributed by atoms with Crippen LogP contribution in [0, 0.1) is 0 Å². The quantitative estimate of drug-likeness (QED) is 0.157. The number of aliphatic imine (C=N–C) groups is 2. The maximum absolute atomic E-state index is 12.6. The van der Waals surface area contributed by atoms with E-state index < -0.39 is 5.60 Å². The number of carbonyl (C=O) groups is 1. The molecule has 0 unspecified atom stereocenters. The van der Waals surface area contributed by atoms with Crippen molar-refractivity contribution < 1.29 is 9.90 Å². The molecule has 0 atom stereocenters. The van der Waals surface area contributed by atoms with Crippen molar-refractivity contribution in [3.8, 4) is 0 Å². The van der Waals surface area contributed by atoms with Crippen LogP contribution in [0.2, 0.25) is 0 Å². The molecule has 0 fully saturated rings. The number of aliphatic hydroxyl groups is 1. The van der Waals surface area contributed by atoms with E-state index in [0.29, 0.717) is 36.3 Å². The Labute approximate surface area is 226 Å². The zero-order chi connectivity index (χ0) is 27.7. The molecular weight excluding hydrogens is 486 g/mol. The molecule has 0 radical (unpaired) electrons. The highest BCUT2D eigenvalue weighted by molar-refractivity contribution is 6.25. The first-order valence-corrected chi connectivity index (χ1v) is 12.8. The molecule has 0 aromatic carbocycles. The molecule has 1 rings (SSSR count). The number of aromatic nitrogens is 1.